The molecule has 2 aliphatic rings. The third kappa shape index (κ3) is 5.48. The Morgan fingerprint density at radius 3 is 2.43 bits per heavy atom. The molecular formula is C25H33N7O4S. The maximum atomic E-state index is 12.9. The predicted molar refractivity (Wildman–Crippen MR) is 141 cm³/mol. The van der Waals surface area contributed by atoms with E-state index in [1.165, 1.54) is 6.20 Å². The Labute approximate surface area is 216 Å². The fourth-order valence-electron chi connectivity index (χ4n) is 5.19. The molecule has 12 heteroatoms. The van der Waals surface area contributed by atoms with Crippen molar-refractivity contribution in [1.82, 2.24) is 25.1 Å². The van der Waals surface area contributed by atoms with Crippen molar-refractivity contribution in [2.24, 2.45) is 0 Å². The smallest absolute Gasteiger partial charge is 0.410 e. The van der Waals surface area contributed by atoms with Crippen LogP contribution >= 0.6 is 0 Å². The van der Waals surface area contributed by atoms with Crippen LogP contribution in [0.4, 0.5) is 22.2 Å². The summed E-state index contributed by atoms with van der Waals surface area (Å²) in [7, 11) is -3.45. The van der Waals surface area contributed by atoms with E-state index in [4.69, 9.17) is 9.72 Å². The number of ether oxygens (including phenoxy) is 1. The maximum absolute atomic E-state index is 12.9. The minimum atomic E-state index is -3.45. The SMILES string of the molecule is Cc1cc(Nc2cc3ncc(S(C)(=O)=O)cc3c(NC3CC4CCC(C3)N4C(=O)OC(C)(C)C)n2)n[nH]1. The second-order valence-corrected chi connectivity index (χ2v) is 13.0. The van der Waals surface area contributed by atoms with Crippen LogP contribution in [0.5, 0.6) is 0 Å². The van der Waals surface area contributed by atoms with Crippen molar-refractivity contribution in [3.8, 4) is 0 Å². The van der Waals surface area contributed by atoms with Crippen molar-refractivity contribution in [3.05, 3.63) is 30.1 Å². The van der Waals surface area contributed by atoms with Gasteiger partial charge < -0.3 is 20.3 Å². The summed E-state index contributed by atoms with van der Waals surface area (Å²) in [5.41, 5.74) is 0.970. The molecule has 11 nitrogen and oxygen atoms in total. The highest BCUT2D eigenvalue weighted by Crippen LogP contribution is 2.38. The van der Waals surface area contributed by atoms with Crippen LogP contribution in [-0.2, 0) is 14.6 Å². The maximum Gasteiger partial charge on any atom is 0.410 e. The number of piperidine rings is 1. The molecule has 2 atom stereocenters. The molecule has 0 aromatic carbocycles. The Morgan fingerprint density at radius 2 is 1.84 bits per heavy atom. The van der Waals surface area contributed by atoms with Gasteiger partial charge in [-0.25, -0.2) is 18.2 Å². The number of hydrogen-bond donors (Lipinski definition) is 3. The first-order valence-corrected chi connectivity index (χ1v) is 14.3. The predicted octanol–water partition coefficient (Wildman–Crippen LogP) is 4.15. The number of sulfone groups is 1. The van der Waals surface area contributed by atoms with E-state index in [1.54, 1.807) is 12.1 Å². The number of nitrogens with zero attached hydrogens (tertiary/aromatic N) is 4. The Balaban J connectivity index is 1.44. The first-order chi connectivity index (χ1) is 17.4. The molecule has 3 aromatic rings. The zero-order chi connectivity index (χ0) is 26.5. The number of nitrogens with one attached hydrogen (secondary N) is 3. The lowest BCUT2D eigenvalue weighted by molar-refractivity contribution is 0.00683. The number of rotatable bonds is 5. The Hall–Kier alpha value is -3.41. The van der Waals surface area contributed by atoms with Crippen LogP contribution in [0, 0.1) is 6.92 Å². The van der Waals surface area contributed by atoms with Gasteiger partial charge >= 0.3 is 6.09 Å². The fourth-order valence-corrected chi connectivity index (χ4v) is 5.77. The average molecular weight is 528 g/mol. The quantitative estimate of drug-likeness (QED) is 0.446. The summed E-state index contributed by atoms with van der Waals surface area (Å²) in [4.78, 5) is 24.1. The number of anilines is 3. The summed E-state index contributed by atoms with van der Waals surface area (Å²) < 4.78 is 30.1. The summed E-state index contributed by atoms with van der Waals surface area (Å²) in [5, 5.41) is 14.5. The molecule has 3 aromatic heterocycles. The number of carbonyl (C=O) groups is 1. The monoisotopic (exact) mass is 527 g/mol. The lowest BCUT2D eigenvalue weighted by Crippen LogP contribution is -2.51. The van der Waals surface area contributed by atoms with Crippen molar-refractivity contribution < 1.29 is 17.9 Å². The van der Waals surface area contributed by atoms with Gasteiger partial charge in [0.25, 0.3) is 0 Å². The van der Waals surface area contributed by atoms with Crippen molar-refractivity contribution in [1.29, 1.82) is 0 Å². The number of amides is 1. The van der Waals surface area contributed by atoms with Gasteiger partial charge in [-0.3, -0.25) is 10.1 Å². The van der Waals surface area contributed by atoms with E-state index in [9.17, 15) is 13.2 Å². The molecule has 2 fully saturated rings. The van der Waals surface area contributed by atoms with Crippen LogP contribution in [0.1, 0.15) is 52.1 Å². The zero-order valence-electron chi connectivity index (χ0n) is 21.7. The Bertz CT molecular complexity index is 1430. The lowest BCUT2D eigenvalue weighted by atomic mass is 9.97. The Kier molecular flexibility index (Phi) is 6.25. The normalized spacial score (nSPS) is 21.8. The van der Waals surface area contributed by atoms with E-state index in [0.29, 0.717) is 28.4 Å². The molecule has 198 valence electrons. The number of aromatic nitrogens is 4. The van der Waals surface area contributed by atoms with Crippen LogP contribution in [0.3, 0.4) is 0 Å². The summed E-state index contributed by atoms with van der Waals surface area (Å²) >= 11 is 0. The highest BCUT2D eigenvalue weighted by molar-refractivity contribution is 7.90. The van der Waals surface area contributed by atoms with Gasteiger partial charge in [0.1, 0.15) is 17.2 Å². The highest BCUT2D eigenvalue weighted by atomic mass is 32.2. The van der Waals surface area contributed by atoms with Crippen molar-refractivity contribution in [3.63, 3.8) is 0 Å². The van der Waals surface area contributed by atoms with Crippen molar-refractivity contribution in [2.75, 3.05) is 16.9 Å². The average Bonchev–Trinajstić information content (AvgIpc) is 3.31. The summed E-state index contributed by atoms with van der Waals surface area (Å²) in [6, 6.07) is 5.46. The molecule has 0 saturated carbocycles. The van der Waals surface area contributed by atoms with E-state index in [-0.39, 0.29) is 29.1 Å². The van der Waals surface area contributed by atoms with Gasteiger partial charge in [0.15, 0.2) is 15.7 Å². The van der Waals surface area contributed by atoms with E-state index in [2.05, 4.69) is 25.8 Å². The molecule has 0 radical (unpaired) electrons. The molecule has 3 N–H and O–H groups in total. The molecule has 1 amide bonds. The number of H-pyrrole nitrogens is 1. The molecule has 2 unspecified atom stereocenters. The van der Waals surface area contributed by atoms with Crippen LogP contribution in [0.2, 0.25) is 0 Å². The van der Waals surface area contributed by atoms with Gasteiger partial charge in [-0.2, -0.15) is 5.10 Å². The number of aryl methyl sites for hydroxylation is 1. The van der Waals surface area contributed by atoms with Gasteiger partial charge in [-0.1, -0.05) is 0 Å². The zero-order valence-corrected chi connectivity index (χ0v) is 22.5. The largest absolute Gasteiger partial charge is 0.444 e. The van der Waals surface area contributed by atoms with Crippen LogP contribution < -0.4 is 10.6 Å². The lowest BCUT2D eigenvalue weighted by Gasteiger charge is -2.39. The van der Waals surface area contributed by atoms with E-state index in [0.717, 1.165) is 37.6 Å². The number of carbonyl (C=O) groups excluding carboxylic acids is 1. The van der Waals surface area contributed by atoms with E-state index < -0.39 is 15.4 Å². The summed E-state index contributed by atoms with van der Waals surface area (Å²) in [5.74, 6) is 1.70. The number of aromatic amines is 1. The van der Waals surface area contributed by atoms with Crippen LogP contribution in [-0.4, -0.2) is 69.6 Å². The summed E-state index contributed by atoms with van der Waals surface area (Å²) in [6.07, 6.45) is 5.61. The Morgan fingerprint density at radius 1 is 1.14 bits per heavy atom. The van der Waals surface area contributed by atoms with Crippen LogP contribution in [0.15, 0.2) is 29.3 Å². The van der Waals surface area contributed by atoms with Gasteiger partial charge in [-0.05, 0) is 59.4 Å². The third-order valence-corrected chi connectivity index (χ3v) is 7.80. The first kappa shape index (κ1) is 25.2. The molecule has 37 heavy (non-hydrogen) atoms. The molecule has 2 bridgehead atoms. The molecule has 0 spiro atoms. The van der Waals surface area contributed by atoms with Gasteiger partial charge in [-0.15, -0.1) is 0 Å². The van der Waals surface area contributed by atoms with Gasteiger partial charge in [0.05, 0.1) is 10.4 Å². The minimum absolute atomic E-state index is 0.0525. The van der Waals surface area contributed by atoms with Gasteiger partial charge in [0.2, 0.25) is 0 Å². The first-order valence-electron chi connectivity index (χ1n) is 12.4. The fraction of sp³-hybridized carbons (Fsp3) is 0.520. The third-order valence-electron chi connectivity index (χ3n) is 6.72. The topological polar surface area (TPSA) is 142 Å². The molecule has 5 rings (SSSR count). The van der Waals surface area contributed by atoms with Gasteiger partial charge in [0, 0.05) is 53.8 Å². The van der Waals surface area contributed by atoms with E-state index >= 15 is 0 Å². The second-order valence-electron chi connectivity index (χ2n) is 11.0. The van der Waals surface area contributed by atoms with Crippen molar-refractivity contribution >= 4 is 44.3 Å². The standard InChI is InChI=1S/C25H33N7O4S/c1-14-8-22(31-30-14)28-21-12-20-19(11-18(13-26-20)37(5,34)35)23(29-21)27-15-9-16-6-7-17(10-15)32(16)24(33)36-25(2,3)4/h8,11-13,15-17H,6-7,9-10H2,1-5H3,(H3,27,28,29,30,31). The van der Waals surface area contributed by atoms with Crippen LogP contribution in [0.25, 0.3) is 10.9 Å². The second kappa shape index (κ2) is 9.16. The molecule has 2 aliphatic heterocycles. The molecule has 5 heterocycles. The molecule has 2 saturated heterocycles. The number of fused-ring (bicyclic) bond motifs is 3. The summed E-state index contributed by atoms with van der Waals surface area (Å²) in [6.45, 7) is 7.54. The molecule has 0 aliphatic carbocycles. The highest BCUT2D eigenvalue weighted by Gasteiger charge is 2.45. The minimum Gasteiger partial charge on any atom is -0.444 e. The molecular weight excluding hydrogens is 494 g/mol. The van der Waals surface area contributed by atoms with E-state index in [1.807, 2.05) is 38.7 Å². The van der Waals surface area contributed by atoms with Crippen molar-refractivity contribution in [2.45, 2.75) is 82.0 Å². The number of hydrogen-bond acceptors (Lipinski definition) is 9. The number of pyridine rings is 2.